The number of halogens is 2. The quantitative estimate of drug-likeness (QED) is 0.784. The van der Waals surface area contributed by atoms with Gasteiger partial charge in [0, 0.05) is 0 Å². The van der Waals surface area contributed by atoms with Crippen molar-refractivity contribution in [1.82, 2.24) is 4.98 Å². The van der Waals surface area contributed by atoms with E-state index in [0.29, 0.717) is 0 Å². The molecule has 1 aromatic heterocycles. The van der Waals surface area contributed by atoms with Crippen LogP contribution in [0.4, 0.5) is 14.5 Å². The minimum absolute atomic E-state index is 0.00213. The van der Waals surface area contributed by atoms with Crippen LogP contribution in [0.5, 0.6) is 0 Å². The van der Waals surface area contributed by atoms with Crippen molar-refractivity contribution >= 4 is 15.7 Å². The van der Waals surface area contributed by atoms with Crippen molar-refractivity contribution in [1.29, 1.82) is 0 Å². The molecule has 8 heteroatoms. The molecule has 0 unspecified atom stereocenters. The maximum atomic E-state index is 12.6. The first-order valence-corrected chi connectivity index (χ1v) is 5.35. The molecule has 0 aliphatic carbocycles. The Labute approximate surface area is 85.2 Å². The van der Waals surface area contributed by atoms with Gasteiger partial charge in [-0.3, -0.25) is 0 Å². The smallest absolute Gasteiger partial charge is 0.267 e. The molecule has 0 aliphatic heterocycles. The van der Waals surface area contributed by atoms with Gasteiger partial charge in [0.1, 0.15) is 0 Å². The van der Waals surface area contributed by atoms with Gasteiger partial charge >= 0.3 is 0 Å². The fourth-order valence-electron chi connectivity index (χ4n) is 1.09. The summed E-state index contributed by atoms with van der Waals surface area (Å²) in [5, 5.41) is 3.92. The van der Waals surface area contributed by atoms with Gasteiger partial charge in [0.05, 0.1) is 17.4 Å². The molecule has 0 saturated carbocycles. The summed E-state index contributed by atoms with van der Waals surface area (Å²) >= 11 is 0. The van der Waals surface area contributed by atoms with Crippen molar-refractivity contribution in [3.63, 3.8) is 0 Å². The van der Waals surface area contributed by atoms with Crippen LogP contribution in [0.15, 0.2) is 11.2 Å². The number of alkyl halides is 2. The van der Waals surface area contributed by atoms with Gasteiger partial charge in [0.2, 0.25) is 0 Å². The Kier molecular flexibility index (Phi) is 2.91. The second kappa shape index (κ2) is 3.70. The molecule has 0 bridgehead atoms. The van der Waals surface area contributed by atoms with Gasteiger partial charge in [-0.2, -0.15) is 0 Å². The highest BCUT2D eigenvalue weighted by molar-refractivity contribution is 7.89. The average molecular weight is 237 g/mol. The highest BCUT2D eigenvalue weighted by atomic mass is 32.2. The molecule has 0 amide bonds. The highest BCUT2D eigenvalue weighted by Gasteiger charge is 2.25. The minimum atomic E-state index is -4.26. The Morgan fingerprint density at radius 2 is 2.00 bits per heavy atom. The lowest BCUT2D eigenvalue weighted by atomic mass is 10.1. The van der Waals surface area contributed by atoms with E-state index in [1.165, 1.54) is 6.92 Å². The van der Waals surface area contributed by atoms with E-state index in [2.05, 4.69) is 4.98 Å². The predicted molar refractivity (Wildman–Crippen MR) is 49.7 cm³/mol. The number of sulfonamides is 1. The van der Waals surface area contributed by atoms with Crippen LogP contribution in [-0.2, 0) is 10.0 Å². The number of hydrogen-bond acceptors (Lipinski definition) is 4. The van der Waals surface area contributed by atoms with E-state index in [9.17, 15) is 17.2 Å². The van der Waals surface area contributed by atoms with Crippen molar-refractivity contribution in [3.05, 3.63) is 17.3 Å². The van der Waals surface area contributed by atoms with Crippen LogP contribution in [0.1, 0.15) is 17.6 Å². The molecule has 0 aliphatic rings. The third kappa shape index (κ3) is 2.21. The molecular weight excluding hydrogens is 228 g/mol. The third-order valence-electron chi connectivity index (χ3n) is 1.88. The van der Waals surface area contributed by atoms with Crippen molar-refractivity contribution in [2.24, 2.45) is 5.14 Å². The number of nitrogens with zero attached hydrogens (tertiary/aromatic N) is 1. The summed E-state index contributed by atoms with van der Waals surface area (Å²) in [4.78, 5) is 3.31. The number of rotatable bonds is 2. The Bertz CT molecular complexity index is 487. The summed E-state index contributed by atoms with van der Waals surface area (Å²) < 4.78 is 47.1. The summed E-state index contributed by atoms with van der Waals surface area (Å²) in [6.07, 6.45) is -2.00. The molecule has 0 atom stereocenters. The number of anilines is 1. The molecule has 84 valence electrons. The molecule has 0 saturated heterocycles. The SMILES string of the molecule is Cc1c(N)cnc(S(N)(=O)=O)c1C(F)F. The second-order valence-electron chi connectivity index (χ2n) is 2.90. The summed E-state index contributed by atoms with van der Waals surface area (Å²) in [7, 11) is -4.26. The molecule has 15 heavy (non-hydrogen) atoms. The lowest BCUT2D eigenvalue weighted by molar-refractivity contribution is 0.146. The van der Waals surface area contributed by atoms with E-state index in [-0.39, 0.29) is 11.3 Å². The van der Waals surface area contributed by atoms with Crippen molar-refractivity contribution in [3.8, 4) is 0 Å². The third-order valence-corrected chi connectivity index (χ3v) is 2.74. The molecule has 1 heterocycles. The molecule has 1 aromatic rings. The van der Waals surface area contributed by atoms with E-state index >= 15 is 0 Å². The predicted octanol–water partition coefficient (Wildman–Crippen LogP) is 0.557. The van der Waals surface area contributed by atoms with Crippen molar-refractivity contribution in [2.75, 3.05) is 5.73 Å². The summed E-state index contributed by atoms with van der Waals surface area (Å²) in [5.41, 5.74) is 4.57. The molecule has 0 fully saturated rings. The maximum absolute atomic E-state index is 12.6. The summed E-state index contributed by atoms with van der Waals surface area (Å²) in [5.74, 6) is 0. The zero-order valence-electron chi connectivity index (χ0n) is 7.74. The van der Waals surface area contributed by atoms with E-state index in [4.69, 9.17) is 10.9 Å². The lowest BCUT2D eigenvalue weighted by Crippen LogP contribution is -2.18. The van der Waals surface area contributed by atoms with E-state index in [1.54, 1.807) is 0 Å². The molecule has 1 rings (SSSR count). The number of hydrogen-bond donors (Lipinski definition) is 2. The first-order valence-electron chi connectivity index (χ1n) is 3.81. The Balaban J connectivity index is 3.62. The zero-order chi connectivity index (χ0) is 11.8. The van der Waals surface area contributed by atoms with Gasteiger partial charge in [0.25, 0.3) is 16.4 Å². The first kappa shape index (κ1) is 11.8. The van der Waals surface area contributed by atoms with Crippen LogP contribution in [0, 0.1) is 6.92 Å². The number of nitrogen functional groups attached to an aromatic ring is 1. The molecule has 0 radical (unpaired) electrons. The van der Waals surface area contributed by atoms with Gasteiger partial charge in [0.15, 0.2) is 5.03 Å². The molecule has 4 N–H and O–H groups in total. The standard InChI is InChI=1S/C7H9F2N3O2S/c1-3-4(10)2-12-7(15(11,13)14)5(3)6(8)9/h2,6H,10H2,1H3,(H2,11,13,14). The second-order valence-corrected chi connectivity index (χ2v) is 4.38. The summed E-state index contributed by atoms with van der Waals surface area (Å²) in [6.45, 7) is 1.28. The first-order chi connectivity index (χ1) is 6.75. The van der Waals surface area contributed by atoms with Crippen LogP contribution in [0.3, 0.4) is 0 Å². The maximum Gasteiger partial charge on any atom is 0.267 e. The van der Waals surface area contributed by atoms with Gasteiger partial charge < -0.3 is 5.73 Å². The fourth-order valence-corrected chi connectivity index (χ4v) is 1.84. The van der Waals surface area contributed by atoms with Gasteiger partial charge in [-0.25, -0.2) is 27.3 Å². The normalized spacial score (nSPS) is 12.1. The van der Waals surface area contributed by atoms with Gasteiger partial charge in [-0.1, -0.05) is 0 Å². The van der Waals surface area contributed by atoms with Crippen LogP contribution in [0.25, 0.3) is 0 Å². The molecule has 0 spiro atoms. The van der Waals surface area contributed by atoms with Crippen LogP contribution in [-0.4, -0.2) is 13.4 Å². The topological polar surface area (TPSA) is 99.1 Å². The lowest BCUT2D eigenvalue weighted by Gasteiger charge is -2.10. The Hall–Kier alpha value is -1.28. The molecule has 5 nitrogen and oxygen atoms in total. The molecular formula is C7H9F2N3O2S. The number of pyridine rings is 1. The zero-order valence-corrected chi connectivity index (χ0v) is 8.55. The van der Waals surface area contributed by atoms with E-state index in [1.807, 2.05) is 0 Å². The van der Waals surface area contributed by atoms with E-state index < -0.39 is 27.0 Å². The van der Waals surface area contributed by atoms with Crippen molar-refractivity contribution in [2.45, 2.75) is 18.4 Å². The largest absolute Gasteiger partial charge is 0.397 e. The highest BCUT2D eigenvalue weighted by Crippen LogP contribution is 2.30. The van der Waals surface area contributed by atoms with Crippen LogP contribution in [0.2, 0.25) is 0 Å². The van der Waals surface area contributed by atoms with Crippen molar-refractivity contribution < 1.29 is 17.2 Å². The van der Waals surface area contributed by atoms with E-state index in [0.717, 1.165) is 6.20 Å². The number of nitrogens with two attached hydrogens (primary N) is 2. The summed E-state index contributed by atoms with van der Waals surface area (Å²) in [6, 6.07) is 0. The fraction of sp³-hybridized carbons (Fsp3) is 0.286. The Morgan fingerprint density at radius 3 is 2.40 bits per heavy atom. The number of primary sulfonamides is 1. The number of aromatic nitrogens is 1. The van der Waals surface area contributed by atoms with Crippen LogP contribution >= 0.6 is 0 Å². The van der Waals surface area contributed by atoms with Gasteiger partial charge in [-0.05, 0) is 12.5 Å². The molecule has 0 aromatic carbocycles. The van der Waals surface area contributed by atoms with Crippen LogP contribution < -0.4 is 10.9 Å². The monoisotopic (exact) mass is 237 g/mol. The minimum Gasteiger partial charge on any atom is -0.397 e. The average Bonchev–Trinajstić information content (AvgIpc) is 2.06. The Morgan fingerprint density at radius 1 is 1.47 bits per heavy atom. The van der Waals surface area contributed by atoms with Gasteiger partial charge in [-0.15, -0.1) is 0 Å².